The summed E-state index contributed by atoms with van der Waals surface area (Å²) >= 11 is 5.75. The van der Waals surface area contributed by atoms with Crippen LogP contribution >= 0.6 is 11.6 Å². The molecule has 0 bridgehead atoms. The van der Waals surface area contributed by atoms with Gasteiger partial charge in [0.1, 0.15) is 28.6 Å². The van der Waals surface area contributed by atoms with Crippen LogP contribution in [0.5, 0.6) is 0 Å². The summed E-state index contributed by atoms with van der Waals surface area (Å²) in [4.78, 5) is 47.1. The lowest BCUT2D eigenvalue weighted by molar-refractivity contribution is -0.384. The third-order valence-electron chi connectivity index (χ3n) is 5.67. The molecule has 40 heavy (non-hydrogen) atoms. The van der Waals surface area contributed by atoms with Gasteiger partial charge in [-0.2, -0.15) is 13.2 Å². The number of carbonyl (C=O) groups excluding carboxylic acids is 2. The van der Waals surface area contributed by atoms with Crippen molar-refractivity contribution >= 4 is 40.9 Å². The summed E-state index contributed by atoms with van der Waals surface area (Å²) in [6.07, 6.45) is -7.14. The molecular weight excluding hydrogens is 564 g/mol. The van der Waals surface area contributed by atoms with Crippen LogP contribution in [0.1, 0.15) is 39.9 Å². The minimum Gasteiger partial charge on any atom is -0.452 e. The summed E-state index contributed by atoms with van der Waals surface area (Å²) in [6.45, 7) is 1.16. The number of nitrogens with one attached hydrogen (secondary N) is 2. The molecule has 0 fully saturated rings. The van der Waals surface area contributed by atoms with E-state index in [4.69, 9.17) is 16.3 Å². The highest BCUT2D eigenvalue weighted by Crippen LogP contribution is 2.40. The van der Waals surface area contributed by atoms with Crippen LogP contribution < -0.4 is 10.6 Å². The predicted molar refractivity (Wildman–Crippen MR) is 132 cm³/mol. The van der Waals surface area contributed by atoms with Crippen LogP contribution in [0.4, 0.5) is 29.1 Å². The number of alkyl halides is 3. The van der Waals surface area contributed by atoms with E-state index in [2.05, 4.69) is 25.6 Å². The SMILES string of the molecule is C[C@]1(c2nc(NC(=O)c3ccc(Cl)cn3)ccc2F)C[C@@H](C(F)(F)F)OC(NC(=O)c2ccc([N+](=O)[O-])cc2)=N1. The lowest BCUT2D eigenvalue weighted by Gasteiger charge is -2.36. The number of aliphatic imine (C=N–C) groups is 1. The predicted octanol–water partition coefficient (Wildman–Crippen LogP) is 4.78. The molecule has 1 aliphatic heterocycles. The Kier molecular flexibility index (Phi) is 7.68. The highest BCUT2D eigenvalue weighted by atomic mass is 35.5. The number of pyridine rings is 2. The summed E-state index contributed by atoms with van der Waals surface area (Å²) in [5.41, 5.74) is -3.08. The molecule has 2 aromatic heterocycles. The van der Waals surface area contributed by atoms with E-state index < -0.39 is 58.5 Å². The maximum Gasteiger partial charge on any atom is 0.425 e. The van der Waals surface area contributed by atoms with E-state index in [1.54, 1.807) is 0 Å². The van der Waals surface area contributed by atoms with Crippen LogP contribution in [0.3, 0.4) is 0 Å². The molecule has 3 aromatic rings. The molecule has 4 rings (SSSR count). The van der Waals surface area contributed by atoms with Gasteiger partial charge in [-0.15, -0.1) is 0 Å². The molecular formula is C24H17ClF4N6O5. The largest absolute Gasteiger partial charge is 0.452 e. The van der Waals surface area contributed by atoms with Gasteiger partial charge >= 0.3 is 6.18 Å². The quantitative estimate of drug-likeness (QED) is 0.250. The molecule has 2 N–H and O–H groups in total. The summed E-state index contributed by atoms with van der Waals surface area (Å²) in [6, 6.07) is 8.06. The van der Waals surface area contributed by atoms with Crippen molar-refractivity contribution in [1.29, 1.82) is 0 Å². The molecule has 0 aliphatic carbocycles. The zero-order valence-electron chi connectivity index (χ0n) is 20.2. The Morgan fingerprint density at radius 2 is 1.80 bits per heavy atom. The Labute approximate surface area is 227 Å². The van der Waals surface area contributed by atoms with Crippen LogP contribution in [-0.4, -0.2) is 45.0 Å². The number of benzene rings is 1. The van der Waals surface area contributed by atoms with Gasteiger partial charge in [0, 0.05) is 30.3 Å². The number of ether oxygens (including phenoxy) is 1. The Bertz CT molecular complexity index is 1500. The molecule has 2 amide bonds. The Morgan fingerprint density at radius 3 is 2.40 bits per heavy atom. The van der Waals surface area contributed by atoms with Gasteiger partial charge < -0.3 is 10.1 Å². The first-order valence-electron chi connectivity index (χ1n) is 11.2. The first-order chi connectivity index (χ1) is 18.7. The second kappa shape index (κ2) is 10.8. The van der Waals surface area contributed by atoms with E-state index in [-0.39, 0.29) is 27.8 Å². The van der Waals surface area contributed by atoms with Crippen molar-refractivity contribution in [1.82, 2.24) is 15.3 Å². The lowest BCUT2D eigenvalue weighted by Crippen LogP contribution is -2.49. The van der Waals surface area contributed by atoms with Crippen molar-refractivity contribution in [2.45, 2.75) is 31.2 Å². The zero-order chi connectivity index (χ0) is 29.2. The number of anilines is 1. The lowest BCUT2D eigenvalue weighted by atomic mass is 9.89. The van der Waals surface area contributed by atoms with Crippen molar-refractivity contribution in [3.05, 3.63) is 92.6 Å². The zero-order valence-corrected chi connectivity index (χ0v) is 21.0. The molecule has 0 radical (unpaired) electrons. The minimum absolute atomic E-state index is 0.0549. The number of amides is 2. The first kappa shape index (κ1) is 28.4. The van der Waals surface area contributed by atoms with Gasteiger partial charge in [0.15, 0.2) is 6.10 Å². The van der Waals surface area contributed by atoms with Crippen LogP contribution in [0.2, 0.25) is 5.02 Å². The molecule has 3 heterocycles. The maximum absolute atomic E-state index is 14.9. The second-order valence-corrected chi connectivity index (χ2v) is 9.08. The van der Waals surface area contributed by atoms with Gasteiger partial charge in [-0.1, -0.05) is 11.6 Å². The maximum atomic E-state index is 14.9. The molecule has 16 heteroatoms. The number of aromatic nitrogens is 2. The van der Waals surface area contributed by atoms with E-state index in [1.807, 2.05) is 0 Å². The van der Waals surface area contributed by atoms with E-state index in [0.717, 1.165) is 43.3 Å². The summed E-state index contributed by atoms with van der Waals surface area (Å²) < 4.78 is 61.2. The molecule has 11 nitrogen and oxygen atoms in total. The molecule has 0 spiro atoms. The fourth-order valence-electron chi connectivity index (χ4n) is 3.71. The normalized spacial score (nSPS) is 18.8. The monoisotopic (exact) mass is 580 g/mol. The summed E-state index contributed by atoms with van der Waals surface area (Å²) in [5, 5.41) is 15.6. The van der Waals surface area contributed by atoms with Crippen LogP contribution in [0.15, 0.2) is 59.7 Å². The number of rotatable bonds is 5. The number of nitro benzene ring substituents is 1. The van der Waals surface area contributed by atoms with Crippen LogP contribution in [-0.2, 0) is 10.3 Å². The summed E-state index contributed by atoms with van der Waals surface area (Å²) in [7, 11) is 0. The van der Waals surface area contributed by atoms with Crippen LogP contribution in [0, 0.1) is 15.9 Å². The molecule has 1 aliphatic rings. The fraction of sp³-hybridized carbons (Fsp3) is 0.208. The van der Waals surface area contributed by atoms with Gasteiger partial charge in [-0.05, 0) is 43.3 Å². The van der Waals surface area contributed by atoms with Crippen molar-refractivity contribution < 1.29 is 36.8 Å². The van der Waals surface area contributed by atoms with E-state index in [9.17, 15) is 37.3 Å². The van der Waals surface area contributed by atoms with Crippen molar-refractivity contribution in [3.8, 4) is 0 Å². The van der Waals surface area contributed by atoms with Crippen LogP contribution in [0.25, 0.3) is 0 Å². The molecule has 0 saturated heterocycles. The average Bonchev–Trinajstić information content (AvgIpc) is 2.89. The first-order valence-corrected chi connectivity index (χ1v) is 11.6. The number of amidine groups is 1. The molecule has 0 saturated carbocycles. The number of nitro groups is 1. The molecule has 1 aromatic carbocycles. The highest BCUT2D eigenvalue weighted by Gasteiger charge is 2.51. The number of nitrogens with zero attached hydrogens (tertiary/aromatic N) is 4. The topological polar surface area (TPSA) is 149 Å². The van der Waals surface area contributed by atoms with Gasteiger partial charge in [0.25, 0.3) is 23.5 Å². The number of hydrogen-bond donors (Lipinski definition) is 2. The van der Waals surface area contributed by atoms with Gasteiger partial charge in [0.2, 0.25) is 0 Å². The van der Waals surface area contributed by atoms with Crippen molar-refractivity contribution in [2.24, 2.45) is 4.99 Å². The van der Waals surface area contributed by atoms with Gasteiger partial charge in [-0.3, -0.25) is 25.0 Å². The van der Waals surface area contributed by atoms with E-state index >= 15 is 0 Å². The van der Waals surface area contributed by atoms with Gasteiger partial charge in [0.05, 0.1) is 9.95 Å². The number of non-ortho nitro benzene ring substituents is 1. The summed E-state index contributed by atoms with van der Waals surface area (Å²) in [5.74, 6) is -2.96. The number of halogens is 5. The Balaban J connectivity index is 1.65. The smallest absolute Gasteiger partial charge is 0.425 e. The average molecular weight is 581 g/mol. The van der Waals surface area contributed by atoms with E-state index in [0.29, 0.717) is 0 Å². The molecule has 2 atom stereocenters. The number of carbonyl (C=O) groups is 2. The number of hydrogen-bond acceptors (Lipinski definition) is 8. The molecule has 0 unspecified atom stereocenters. The molecule has 208 valence electrons. The highest BCUT2D eigenvalue weighted by molar-refractivity contribution is 6.30. The Hall–Kier alpha value is -4.66. The second-order valence-electron chi connectivity index (χ2n) is 8.64. The fourth-order valence-corrected chi connectivity index (χ4v) is 3.82. The standard InChI is InChI=1S/C24H17ClF4N6O5/c1-23(19-15(26)7-9-18(31-19)32-21(37)16-8-4-13(25)11-30-16)10-17(24(27,28)29)40-22(34-23)33-20(36)12-2-5-14(6-3-12)35(38)39/h2-9,11,17H,10H2,1H3,(H,31,32,37)(H,33,34,36)/t17-,23+/m0/s1. The van der Waals surface area contributed by atoms with Crippen molar-refractivity contribution in [2.75, 3.05) is 5.32 Å². The van der Waals surface area contributed by atoms with Gasteiger partial charge in [-0.25, -0.2) is 19.4 Å². The van der Waals surface area contributed by atoms with Crippen molar-refractivity contribution in [3.63, 3.8) is 0 Å². The third-order valence-corrected chi connectivity index (χ3v) is 5.89. The third kappa shape index (κ3) is 6.31. The van der Waals surface area contributed by atoms with E-state index in [1.165, 1.54) is 18.3 Å². The Morgan fingerprint density at radius 1 is 1.10 bits per heavy atom. The minimum atomic E-state index is -4.94.